The number of aromatic nitrogens is 5. The SMILES string of the molecule is Cc1cccn2c(CC(=O)N3CCNC(=O)c4cccc(c4)OCCn4nc(-c5ccccc5)nc4[C@H](C(C)C)NC(=O)C3)cnc12. The lowest BCUT2D eigenvalue weighted by molar-refractivity contribution is -0.135. The van der Waals surface area contributed by atoms with Crippen molar-refractivity contribution >= 4 is 23.4 Å². The van der Waals surface area contributed by atoms with E-state index in [9.17, 15) is 14.4 Å². The first-order chi connectivity index (χ1) is 22.8. The van der Waals surface area contributed by atoms with E-state index in [-0.39, 0.29) is 56.3 Å². The second-order valence-corrected chi connectivity index (χ2v) is 11.9. The van der Waals surface area contributed by atoms with Gasteiger partial charge in [0.15, 0.2) is 11.6 Å². The number of hydrogen-bond donors (Lipinski definition) is 2. The largest absolute Gasteiger partial charge is 0.492 e. The molecule has 5 aromatic rings. The first kappa shape index (κ1) is 31.5. The van der Waals surface area contributed by atoms with E-state index in [0.717, 1.165) is 16.8 Å². The van der Waals surface area contributed by atoms with Crippen LogP contribution in [0.5, 0.6) is 5.75 Å². The highest BCUT2D eigenvalue weighted by Gasteiger charge is 2.28. The van der Waals surface area contributed by atoms with Crippen molar-refractivity contribution in [3.8, 4) is 17.1 Å². The molecule has 0 radical (unpaired) electrons. The number of carbonyl (C=O) groups excluding carboxylic acids is 3. The number of aryl methyl sites for hydroxylation is 1. The fraction of sp³-hybridized carbons (Fsp3) is 0.314. The van der Waals surface area contributed by atoms with Crippen LogP contribution < -0.4 is 15.4 Å². The summed E-state index contributed by atoms with van der Waals surface area (Å²) in [6, 6.07) is 20.0. The van der Waals surface area contributed by atoms with E-state index in [1.54, 1.807) is 35.1 Å². The summed E-state index contributed by atoms with van der Waals surface area (Å²) in [6.45, 7) is 6.66. The van der Waals surface area contributed by atoms with Crippen LogP contribution in [0.1, 0.15) is 47.3 Å². The van der Waals surface area contributed by atoms with E-state index in [2.05, 4.69) is 15.6 Å². The zero-order valence-corrected chi connectivity index (χ0v) is 26.7. The molecule has 1 aliphatic heterocycles. The Balaban J connectivity index is 1.32. The Kier molecular flexibility index (Phi) is 9.28. The molecule has 0 saturated heterocycles. The number of ether oxygens (including phenoxy) is 1. The fourth-order valence-electron chi connectivity index (χ4n) is 5.66. The van der Waals surface area contributed by atoms with Gasteiger partial charge in [0.25, 0.3) is 5.91 Å². The predicted octanol–water partition coefficient (Wildman–Crippen LogP) is 3.61. The smallest absolute Gasteiger partial charge is 0.251 e. The number of nitrogens with zero attached hydrogens (tertiary/aromatic N) is 6. The molecule has 0 spiro atoms. The second-order valence-electron chi connectivity index (χ2n) is 11.9. The van der Waals surface area contributed by atoms with Crippen LogP contribution in [-0.4, -0.2) is 73.0 Å². The fourth-order valence-corrected chi connectivity index (χ4v) is 5.66. The monoisotopic (exact) mass is 634 g/mol. The average Bonchev–Trinajstić information content (AvgIpc) is 3.68. The van der Waals surface area contributed by atoms with E-state index in [0.29, 0.717) is 35.2 Å². The predicted molar refractivity (Wildman–Crippen MR) is 176 cm³/mol. The van der Waals surface area contributed by atoms with Crippen molar-refractivity contribution in [2.45, 2.75) is 39.8 Å². The lowest BCUT2D eigenvalue weighted by atomic mass is 10.0. The lowest BCUT2D eigenvalue weighted by Crippen LogP contribution is -2.46. The molecular weight excluding hydrogens is 596 g/mol. The molecule has 1 aliphatic rings. The van der Waals surface area contributed by atoms with Gasteiger partial charge in [-0.25, -0.2) is 14.6 Å². The molecule has 3 amide bonds. The van der Waals surface area contributed by atoms with Gasteiger partial charge >= 0.3 is 0 Å². The van der Waals surface area contributed by atoms with Crippen molar-refractivity contribution in [1.82, 2.24) is 39.7 Å². The normalized spacial score (nSPS) is 16.3. The lowest BCUT2D eigenvalue weighted by Gasteiger charge is -2.26. The van der Waals surface area contributed by atoms with Gasteiger partial charge in [0.2, 0.25) is 11.8 Å². The van der Waals surface area contributed by atoms with E-state index < -0.39 is 6.04 Å². The van der Waals surface area contributed by atoms with Crippen LogP contribution in [0.3, 0.4) is 0 Å². The summed E-state index contributed by atoms with van der Waals surface area (Å²) in [7, 11) is 0. The van der Waals surface area contributed by atoms with Crippen molar-refractivity contribution in [3.05, 3.63) is 102 Å². The Bertz CT molecular complexity index is 1900. The molecule has 0 fully saturated rings. The van der Waals surface area contributed by atoms with Gasteiger partial charge in [-0.15, -0.1) is 0 Å². The Morgan fingerprint density at radius 1 is 1.02 bits per heavy atom. The Morgan fingerprint density at radius 2 is 1.83 bits per heavy atom. The molecule has 2 bridgehead atoms. The molecule has 4 heterocycles. The van der Waals surface area contributed by atoms with Gasteiger partial charge < -0.3 is 24.7 Å². The molecule has 3 aromatic heterocycles. The number of rotatable bonds is 4. The molecule has 6 rings (SSSR count). The first-order valence-electron chi connectivity index (χ1n) is 15.8. The molecule has 0 aliphatic carbocycles. The number of carbonyl (C=O) groups is 3. The van der Waals surface area contributed by atoms with Crippen molar-refractivity contribution in [2.24, 2.45) is 5.92 Å². The van der Waals surface area contributed by atoms with Gasteiger partial charge in [0.05, 0.1) is 31.2 Å². The highest BCUT2D eigenvalue weighted by molar-refractivity contribution is 5.94. The average molecular weight is 635 g/mol. The summed E-state index contributed by atoms with van der Waals surface area (Å²) in [5, 5.41) is 10.8. The van der Waals surface area contributed by atoms with E-state index >= 15 is 0 Å². The van der Waals surface area contributed by atoms with Gasteiger partial charge in [-0.1, -0.05) is 56.3 Å². The van der Waals surface area contributed by atoms with Gasteiger partial charge in [-0.3, -0.25) is 14.4 Å². The van der Waals surface area contributed by atoms with Crippen LogP contribution in [0.2, 0.25) is 0 Å². The molecule has 12 heteroatoms. The third kappa shape index (κ3) is 7.16. The highest BCUT2D eigenvalue weighted by atomic mass is 16.5. The molecule has 0 saturated carbocycles. The summed E-state index contributed by atoms with van der Waals surface area (Å²) in [4.78, 5) is 51.4. The van der Waals surface area contributed by atoms with Crippen LogP contribution in [0.4, 0.5) is 0 Å². The minimum Gasteiger partial charge on any atom is -0.492 e. The molecule has 47 heavy (non-hydrogen) atoms. The number of fused-ring (bicyclic) bond motifs is 4. The van der Waals surface area contributed by atoms with Crippen molar-refractivity contribution in [1.29, 1.82) is 0 Å². The number of pyridine rings is 1. The van der Waals surface area contributed by atoms with E-state index in [1.165, 1.54) is 4.90 Å². The maximum Gasteiger partial charge on any atom is 0.251 e. The number of hydrogen-bond acceptors (Lipinski definition) is 7. The molecule has 1 atom stereocenters. The maximum absolute atomic E-state index is 13.8. The van der Waals surface area contributed by atoms with Gasteiger partial charge in [0.1, 0.15) is 18.0 Å². The van der Waals surface area contributed by atoms with Gasteiger partial charge in [-0.05, 0) is 42.7 Å². The summed E-state index contributed by atoms with van der Waals surface area (Å²) in [5.74, 6) is 0.705. The quantitative estimate of drug-likeness (QED) is 0.308. The minimum atomic E-state index is -0.495. The third-order valence-corrected chi connectivity index (χ3v) is 8.16. The molecule has 12 nitrogen and oxygen atoms in total. The Morgan fingerprint density at radius 3 is 2.64 bits per heavy atom. The van der Waals surface area contributed by atoms with Crippen LogP contribution in [0.25, 0.3) is 17.0 Å². The van der Waals surface area contributed by atoms with Crippen molar-refractivity contribution < 1.29 is 19.1 Å². The Labute approximate surface area is 272 Å². The van der Waals surface area contributed by atoms with Crippen LogP contribution >= 0.6 is 0 Å². The van der Waals surface area contributed by atoms with Crippen LogP contribution in [0.15, 0.2) is 79.1 Å². The van der Waals surface area contributed by atoms with E-state index in [4.69, 9.17) is 14.8 Å². The third-order valence-electron chi connectivity index (χ3n) is 8.16. The van der Waals surface area contributed by atoms with Crippen molar-refractivity contribution in [3.63, 3.8) is 0 Å². The molecule has 242 valence electrons. The summed E-state index contributed by atoms with van der Waals surface area (Å²) < 4.78 is 9.68. The number of imidazole rings is 1. The van der Waals surface area contributed by atoms with Crippen molar-refractivity contribution in [2.75, 3.05) is 26.2 Å². The van der Waals surface area contributed by atoms with Gasteiger partial charge in [-0.2, -0.15) is 5.10 Å². The van der Waals surface area contributed by atoms with Crippen LogP contribution in [0, 0.1) is 12.8 Å². The highest BCUT2D eigenvalue weighted by Crippen LogP contribution is 2.24. The minimum absolute atomic E-state index is 0.0353. The second kappa shape index (κ2) is 13.9. The van der Waals surface area contributed by atoms with E-state index in [1.807, 2.05) is 73.8 Å². The molecule has 0 unspecified atom stereocenters. The number of nitrogens with one attached hydrogen (secondary N) is 2. The maximum atomic E-state index is 13.8. The summed E-state index contributed by atoms with van der Waals surface area (Å²) in [5.41, 5.74) is 3.75. The molecule has 2 aromatic carbocycles. The topological polar surface area (TPSA) is 136 Å². The zero-order valence-electron chi connectivity index (χ0n) is 26.7. The molecular formula is C35H38N8O4. The molecule has 2 N–H and O–H groups in total. The van der Waals surface area contributed by atoms with Crippen LogP contribution in [-0.2, 0) is 22.6 Å². The summed E-state index contributed by atoms with van der Waals surface area (Å²) >= 11 is 0. The number of benzene rings is 2. The zero-order chi connectivity index (χ0) is 32.9. The Hall–Kier alpha value is -5.52. The standard InChI is InChI=1S/C35H38N8O4/c1-23(2)31-34-39-32(25-10-5-4-6-11-25)40-43(34)17-18-47-28-13-7-12-26(19-28)35(46)36-14-16-41(22-29(44)38-31)30(45)20-27-21-37-33-24(3)9-8-15-42(27)33/h4-13,15,19,21,23,31H,14,16-18,20,22H2,1-3H3,(H,36,46)(H,38,44)/t31-/m0/s1. The summed E-state index contributed by atoms with van der Waals surface area (Å²) in [6.07, 6.45) is 3.59. The number of amides is 3. The first-order valence-corrected chi connectivity index (χ1v) is 15.8. The van der Waals surface area contributed by atoms with Gasteiger partial charge in [0, 0.05) is 36.6 Å².